The van der Waals surface area contributed by atoms with E-state index >= 15 is 0 Å². The van der Waals surface area contributed by atoms with Gasteiger partial charge in [0.15, 0.2) is 0 Å². The fourth-order valence-electron chi connectivity index (χ4n) is 5.51. The van der Waals surface area contributed by atoms with Gasteiger partial charge in [-0.05, 0) is 61.6 Å². The Labute approximate surface area is 209 Å². The molecule has 2 aromatic carbocycles. The minimum atomic E-state index is -0.497. The van der Waals surface area contributed by atoms with Crippen LogP contribution in [-0.4, -0.2) is 59.1 Å². The highest BCUT2D eigenvalue weighted by molar-refractivity contribution is 5.86. The summed E-state index contributed by atoms with van der Waals surface area (Å²) in [5, 5.41) is 11.6. The molecule has 5 rings (SSSR count). The summed E-state index contributed by atoms with van der Waals surface area (Å²) in [5.74, 6) is 0.0677. The van der Waals surface area contributed by atoms with E-state index in [0.717, 1.165) is 53.6 Å². The molecule has 2 aliphatic rings. The molecule has 0 bridgehead atoms. The van der Waals surface area contributed by atoms with Gasteiger partial charge in [-0.2, -0.15) is 0 Å². The van der Waals surface area contributed by atoms with E-state index in [4.69, 9.17) is 4.74 Å². The number of amides is 1. The Morgan fingerprint density at radius 1 is 1.11 bits per heavy atom. The predicted octanol–water partition coefficient (Wildman–Crippen LogP) is 4.57. The number of methoxy groups -OCH3 is 1. The van der Waals surface area contributed by atoms with Crippen LogP contribution in [0.15, 0.2) is 36.4 Å². The SMILES string of the molecule is COc1ccc2c3c([nH]c2c1)[C@@H](CO)N(Cc1cc(F)ccc1F)CCCN(C(=O)C1CCC1)CC3. The second kappa shape index (κ2) is 10.6. The first kappa shape index (κ1) is 24.7. The maximum atomic E-state index is 14.6. The molecule has 2 heterocycles. The average molecular weight is 498 g/mol. The molecule has 1 aliphatic heterocycles. The number of aliphatic hydroxyl groups excluding tert-OH is 1. The Bertz CT molecular complexity index is 1240. The van der Waals surface area contributed by atoms with Gasteiger partial charge in [-0.1, -0.05) is 6.42 Å². The smallest absolute Gasteiger partial charge is 0.225 e. The van der Waals surface area contributed by atoms with Gasteiger partial charge in [-0.3, -0.25) is 9.69 Å². The minimum Gasteiger partial charge on any atom is -0.497 e. The zero-order valence-corrected chi connectivity index (χ0v) is 20.6. The standard InChI is InChI=1S/C28H33F2N3O3/c1-36-21-7-8-22-23-10-13-32(28(35)18-4-2-5-18)11-3-12-33(16-19-14-20(29)6-9-24(19)30)26(17-34)27(23)31-25(22)15-21/h6-9,14-15,18,26,31,34H,2-5,10-13,16-17H2,1H3/t26-/m1/s1. The third-order valence-corrected chi connectivity index (χ3v) is 7.75. The zero-order chi connectivity index (χ0) is 25.2. The number of hydrogen-bond acceptors (Lipinski definition) is 4. The van der Waals surface area contributed by atoms with Crippen LogP contribution < -0.4 is 4.74 Å². The van der Waals surface area contributed by atoms with Crippen molar-refractivity contribution in [3.63, 3.8) is 0 Å². The summed E-state index contributed by atoms with van der Waals surface area (Å²) < 4.78 is 34.0. The van der Waals surface area contributed by atoms with E-state index in [9.17, 15) is 18.7 Å². The molecule has 36 heavy (non-hydrogen) atoms. The number of rotatable bonds is 5. The molecule has 0 radical (unpaired) electrons. The number of carbonyl (C=O) groups is 1. The number of aliphatic hydroxyl groups is 1. The number of hydrogen-bond donors (Lipinski definition) is 2. The Balaban J connectivity index is 1.55. The zero-order valence-electron chi connectivity index (χ0n) is 20.6. The molecule has 0 unspecified atom stereocenters. The Kier molecular flexibility index (Phi) is 7.25. The summed E-state index contributed by atoms with van der Waals surface area (Å²) in [6.07, 6.45) is 4.31. The summed E-state index contributed by atoms with van der Waals surface area (Å²) >= 11 is 0. The third kappa shape index (κ3) is 4.84. The molecule has 6 nitrogen and oxygen atoms in total. The molecule has 192 valence electrons. The largest absolute Gasteiger partial charge is 0.497 e. The molecule has 8 heteroatoms. The predicted molar refractivity (Wildman–Crippen MR) is 134 cm³/mol. The van der Waals surface area contributed by atoms with Crippen molar-refractivity contribution in [3.8, 4) is 5.75 Å². The van der Waals surface area contributed by atoms with Crippen LogP contribution in [-0.2, 0) is 17.8 Å². The summed E-state index contributed by atoms with van der Waals surface area (Å²) in [6, 6.07) is 8.85. The lowest BCUT2D eigenvalue weighted by Gasteiger charge is -2.35. The highest BCUT2D eigenvalue weighted by Crippen LogP contribution is 2.35. The van der Waals surface area contributed by atoms with Crippen LogP contribution >= 0.6 is 0 Å². The average Bonchev–Trinajstić information content (AvgIpc) is 3.19. The quantitative estimate of drug-likeness (QED) is 0.542. The van der Waals surface area contributed by atoms with Crippen LogP contribution in [0.3, 0.4) is 0 Å². The lowest BCUT2D eigenvalue weighted by Crippen LogP contribution is -2.43. The first-order valence-corrected chi connectivity index (χ1v) is 12.7. The van der Waals surface area contributed by atoms with E-state index < -0.39 is 17.7 Å². The minimum absolute atomic E-state index is 0.113. The number of carbonyl (C=O) groups excluding carboxylic acids is 1. The van der Waals surface area contributed by atoms with Crippen molar-refractivity contribution < 1.29 is 23.4 Å². The molecular weight excluding hydrogens is 464 g/mol. The van der Waals surface area contributed by atoms with Gasteiger partial charge in [-0.15, -0.1) is 0 Å². The summed E-state index contributed by atoms with van der Waals surface area (Å²) in [7, 11) is 1.62. The van der Waals surface area contributed by atoms with E-state index in [1.807, 2.05) is 28.0 Å². The van der Waals surface area contributed by atoms with E-state index in [-0.39, 0.29) is 30.5 Å². The molecule has 1 aromatic heterocycles. The van der Waals surface area contributed by atoms with E-state index in [2.05, 4.69) is 4.98 Å². The van der Waals surface area contributed by atoms with Gasteiger partial charge in [0.25, 0.3) is 0 Å². The maximum absolute atomic E-state index is 14.6. The highest BCUT2D eigenvalue weighted by Gasteiger charge is 2.32. The van der Waals surface area contributed by atoms with E-state index in [1.165, 1.54) is 6.07 Å². The van der Waals surface area contributed by atoms with Crippen LogP contribution in [0.1, 0.15) is 48.5 Å². The third-order valence-electron chi connectivity index (χ3n) is 7.75. The number of ether oxygens (including phenoxy) is 1. The van der Waals surface area contributed by atoms with Gasteiger partial charge < -0.3 is 19.7 Å². The van der Waals surface area contributed by atoms with E-state index in [0.29, 0.717) is 38.2 Å². The summed E-state index contributed by atoms with van der Waals surface area (Å²) in [6.45, 7) is 1.69. The number of fused-ring (bicyclic) bond motifs is 3. The lowest BCUT2D eigenvalue weighted by atomic mass is 9.84. The Hall–Kier alpha value is -2.97. The highest BCUT2D eigenvalue weighted by atomic mass is 19.1. The molecule has 3 aromatic rings. The fraction of sp³-hybridized carbons (Fsp3) is 0.464. The maximum Gasteiger partial charge on any atom is 0.225 e. The van der Waals surface area contributed by atoms with Crippen molar-refractivity contribution in [1.82, 2.24) is 14.8 Å². The topological polar surface area (TPSA) is 68.8 Å². The van der Waals surface area contributed by atoms with Crippen molar-refractivity contribution in [2.45, 2.75) is 44.7 Å². The van der Waals surface area contributed by atoms with Gasteiger partial charge in [0.2, 0.25) is 5.91 Å². The van der Waals surface area contributed by atoms with Crippen LogP contribution in [0.2, 0.25) is 0 Å². The van der Waals surface area contributed by atoms with Gasteiger partial charge in [-0.25, -0.2) is 8.78 Å². The number of aromatic amines is 1. The molecule has 1 amide bonds. The first-order valence-electron chi connectivity index (χ1n) is 12.7. The van der Waals surface area contributed by atoms with Gasteiger partial charge in [0.1, 0.15) is 17.4 Å². The van der Waals surface area contributed by atoms with Crippen LogP contribution in [0.25, 0.3) is 10.9 Å². The fourth-order valence-corrected chi connectivity index (χ4v) is 5.51. The molecule has 2 N–H and O–H groups in total. The normalized spacial score (nSPS) is 19.7. The molecule has 0 saturated heterocycles. The number of benzene rings is 2. The van der Waals surface area contributed by atoms with Gasteiger partial charge >= 0.3 is 0 Å². The van der Waals surface area contributed by atoms with Crippen LogP contribution in [0.4, 0.5) is 8.78 Å². The van der Waals surface area contributed by atoms with Crippen molar-refractivity contribution in [1.29, 1.82) is 0 Å². The molecule has 1 saturated carbocycles. The summed E-state index contributed by atoms with van der Waals surface area (Å²) in [5.41, 5.74) is 3.00. The molecule has 1 fully saturated rings. The van der Waals surface area contributed by atoms with Crippen molar-refractivity contribution in [2.24, 2.45) is 5.92 Å². The van der Waals surface area contributed by atoms with Gasteiger partial charge in [0, 0.05) is 60.3 Å². The summed E-state index contributed by atoms with van der Waals surface area (Å²) in [4.78, 5) is 20.6. The number of aromatic nitrogens is 1. The second-order valence-corrected chi connectivity index (χ2v) is 9.89. The molecule has 0 spiro atoms. The van der Waals surface area contributed by atoms with Crippen LogP contribution in [0, 0.1) is 17.6 Å². The Morgan fingerprint density at radius 3 is 2.67 bits per heavy atom. The van der Waals surface area contributed by atoms with Crippen molar-refractivity contribution >= 4 is 16.8 Å². The Morgan fingerprint density at radius 2 is 1.94 bits per heavy atom. The van der Waals surface area contributed by atoms with E-state index in [1.54, 1.807) is 7.11 Å². The van der Waals surface area contributed by atoms with Gasteiger partial charge in [0.05, 0.1) is 19.8 Å². The molecular formula is C28H33F2N3O3. The number of nitrogens with zero attached hydrogens (tertiary/aromatic N) is 2. The van der Waals surface area contributed by atoms with Crippen LogP contribution in [0.5, 0.6) is 5.75 Å². The monoisotopic (exact) mass is 497 g/mol. The first-order chi connectivity index (χ1) is 17.5. The molecule has 1 atom stereocenters. The second-order valence-electron chi connectivity index (χ2n) is 9.89. The van der Waals surface area contributed by atoms with Crippen molar-refractivity contribution in [3.05, 3.63) is 64.9 Å². The molecule has 1 aliphatic carbocycles. The van der Waals surface area contributed by atoms with Crippen molar-refractivity contribution in [2.75, 3.05) is 33.4 Å². The lowest BCUT2D eigenvalue weighted by molar-refractivity contribution is -0.138. The number of nitrogens with one attached hydrogen (secondary N) is 1. The number of H-pyrrole nitrogens is 1. The number of halogens is 2.